The number of aromatic nitrogens is 1. The average Bonchev–Trinajstić information content (AvgIpc) is 2.67. The topological polar surface area (TPSA) is 66.2 Å². The Morgan fingerprint density at radius 2 is 2.39 bits per heavy atom. The molecule has 0 fully saturated rings. The number of hydrogen-bond acceptors (Lipinski definition) is 3. The van der Waals surface area contributed by atoms with Gasteiger partial charge < -0.3 is 15.5 Å². The summed E-state index contributed by atoms with van der Waals surface area (Å²) in [6.07, 6.45) is 3.55. The molecule has 0 saturated carbocycles. The van der Waals surface area contributed by atoms with Crippen LogP contribution in [-0.2, 0) is 0 Å². The molecule has 90 valence electrons. The molecule has 0 saturated heterocycles. The van der Waals surface area contributed by atoms with Crippen LogP contribution in [0.4, 0.5) is 5.69 Å². The molecule has 0 aliphatic rings. The maximum atomic E-state index is 9.16. The summed E-state index contributed by atoms with van der Waals surface area (Å²) >= 11 is 5.29. The maximum Gasteiger partial charge on any atom is 0.126 e. The quantitative estimate of drug-likeness (QED) is 0.649. The molecule has 3 N–H and O–H groups in total. The van der Waals surface area contributed by atoms with Gasteiger partial charge in [-0.05, 0) is 12.1 Å². The number of nitriles is 1. The number of nitrogens with zero attached hydrogens (tertiary/aromatic N) is 2. The van der Waals surface area contributed by atoms with Crippen molar-refractivity contribution in [2.24, 2.45) is 0 Å². The molecule has 0 unspecified atom stereocenters. The van der Waals surface area contributed by atoms with E-state index in [1.54, 1.807) is 6.08 Å². The van der Waals surface area contributed by atoms with E-state index in [1.807, 2.05) is 28.8 Å². The average molecular weight is 256 g/mol. The monoisotopic (exact) mass is 256 g/mol. The lowest BCUT2D eigenvalue weighted by Crippen LogP contribution is -2.24. The van der Waals surface area contributed by atoms with Gasteiger partial charge in [-0.15, -0.1) is 6.58 Å². The Hall–Kier alpha value is -2.32. The Morgan fingerprint density at radius 1 is 1.61 bits per heavy atom. The van der Waals surface area contributed by atoms with Gasteiger partial charge in [0.15, 0.2) is 0 Å². The van der Waals surface area contributed by atoms with Gasteiger partial charge in [0.2, 0.25) is 0 Å². The summed E-state index contributed by atoms with van der Waals surface area (Å²) in [6, 6.07) is 7.69. The highest BCUT2D eigenvalue weighted by Crippen LogP contribution is 2.25. The van der Waals surface area contributed by atoms with Crippen LogP contribution in [0.25, 0.3) is 5.52 Å². The van der Waals surface area contributed by atoms with Crippen molar-refractivity contribution in [2.45, 2.75) is 0 Å². The third-order valence-corrected chi connectivity index (χ3v) is 2.95. The van der Waals surface area contributed by atoms with Crippen LogP contribution in [0.15, 0.2) is 37.1 Å². The molecule has 0 radical (unpaired) electrons. The zero-order valence-corrected chi connectivity index (χ0v) is 10.5. The molecule has 18 heavy (non-hydrogen) atoms. The van der Waals surface area contributed by atoms with Crippen molar-refractivity contribution in [1.82, 2.24) is 9.72 Å². The molecule has 2 rings (SSSR count). The van der Waals surface area contributed by atoms with Crippen molar-refractivity contribution in [1.29, 1.82) is 5.26 Å². The number of nitrogens with one attached hydrogen (secondary N) is 1. The molecule has 0 aliphatic heterocycles. The lowest BCUT2D eigenvalue weighted by Gasteiger charge is -2.07. The minimum atomic E-state index is 0.408. The lowest BCUT2D eigenvalue weighted by molar-refractivity contribution is 1.04. The van der Waals surface area contributed by atoms with Gasteiger partial charge in [-0.3, -0.25) is 0 Å². The second-order valence-electron chi connectivity index (χ2n) is 3.70. The van der Waals surface area contributed by atoms with E-state index in [2.05, 4.69) is 18.0 Å². The number of pyridine rings is 1. The molecular formula is C13H12N4S. The van der Waals surface area contributed by atoms with Crippen LogP contribution in [0.2, 0.25) is 0 Å². The van der Waals surface area contributed by atoms with E-state index in [9.17, 15) is 0 Å². The van der Waals surface area contributed by atoms with E-state index >= 15 is 0 Å². The standard InChI is InChI=1S/C13H12N4S/c1-2-6-16-13(18)12-11(15)9(8-14)10-5-3-4-7-17(10)12/h2-5,7H,1,6,15H2,(H,16,18). The highest BCUT2D eigenvalue weighted by molar-refractivity contribution is 7.80. The number of anilines is 1. The van der Waals surface area contributed by atoms with Gasteiger partial charge in [0, 0.05) is 12.7 Å². The highest BCUT2D eigenvalue weighted by atomic mass is 32.1. The predicted molar refractivity (Wildman–Crippen MR) is 76.4 cm³/mol. The molecular weight excluding hydrogens is 244 g/mol. The van der Waals surface area contributed by atoms with E-state index in [0.29, 0.717) is 28.5 Å². The molecule has 0 atom stereocenters. The van der Waals surface area contributed by atoms with Crippen molar-refractivity contribution in [3.63, 3.8) is 0 Å². The lowest BCUT2D eigenvalue weighted by atomic mass is 10.2. The molecule has 2 aromatic heterocycles. The molecule has 0 amide bonds. The summed E-state index contributed by atoms with van der Waals surface area (Å²) in [4.78, 5) is 0.509. The third kappa shape index (κ3) is 1.83. The van der Waals surface area contributed by atoms with Crippen molar-refractivity contribution in [2.75, 3.05) is 12.3 Å². The summed E-state index contributed by atoms with van der Waals surface area (Å²) in [5.41, 5.74) is 8.27. The van der Waals surface area contributed by atoms with Gasteiger partial charge in [0.25, 0.3) is 0 Å². The van der Waals surface area contributed by atoms with Crippen molar-refractivity contribution < 1.29 is 0 Å². The molecule has 0 aliphatic carbocycles. The molecule has 4 nitrogen and oxygen atoms in total. The number of nitrogens with two attached hydrogens (primary N) is 1. The van der Waals surface area contributed by atoms with Crippen LogP contribution in [-0.4, -0.2) is 15.9 Å². The second-order valence-corrected chi connectivity index (χ2v) is 4.11. The zero-order valence-electron chi connectivity index (χ0n) is 9.68. The molecule has 5 heteroatoms. The highest BCUT2D eigenvalue weighted by Gasteiger charge is 2.17. The zero-order chi connectivity index (χ0) is 13.1. The van der Waals surface area contributed by atoms with E-state index in [0.717, 1.165) is 5.52 Å². The Balaban J connectivity index is 2.64. The van der Waals surface area contributed by atoms with Crippen LogP contribution in [0.5, 0.6) is 0 Å². The first-order valence-electron chi connectivity index (χ1n) is 5.38. The summed E-state index contributed by atoms with van der Waals surface area (Å²) in [5, 5.41) is 12.2. The summed E-state index contributed by atoms with van der Waals surface area (Å²) in [5.74, 6) is 0. The molecule has 0 spiro atoms. The van der Waals surface area contributed by atoms with Gasteiger partial charge in [-0.25, -0.2) is 0 Å². The van der Waals surface area contributed by atoms with Crippen LogP contribution in [0.3, 0.4) is 0 Å². The molecule has 2 heterocycles. The molecule has 0 aromatic carbocycles. The Labute approximate surface area is 110 Å². The van der Waals surface area contributed by atoms with E-state index in [-0.39, 0.29) is 0 Å². The SMILES string of the molecule is C=CCNC(=S)c1c(N)c(C#N)c2ccccn12. The smallest absolute Gasteiger partial charge is 0.126 e. The number of fused-ring (bicyclic) bond motifs is 1. The van der Waals surface area contributed by atoms with Crippen LogP contribution >= 0.6 is 12.2 Å². The fraction of sp³-hybridized carbons (Fsp3) is 0.0769. The fourth-order valence-corrected chi connectivity index (χ4v) is 2.12. The predicted octanol–water partition coefficient (Wildman–Crippen LogP) is 1.84. The summed E-state index contributed by atoms with van der Waals surface area (Å²) in [7, 11) is 0. The first-order valence-corrected chi connectivity index (χ1v) is 5.79. The minimum absolute atomic E-state index is 0.408. The van der Waals surface area contributed by atoms with Gasteiger partial charge >= 0.3 is 0 Å². The Morgan fingerprint density at radius 3 is 3.06 bits per heavy atom. The second kappa shape index (κ2) is 4.90. The Kier molecular flexibility index (Phi) is 3.31. The van der Waals surface area contributed by atoms with Gasteiger partial charge in [-0.2, -0.15) is 5.26 Å². The van der Waals surface area contributed by atoms with Gasteiger partial charge in [-0.1, -0.05) is 24.4 Å². The summed E-state index contributed by atoms with van der Waals surface area (Å²) in [6.45, 7) is 4.18. The number of thiocarbonyl (C=S) groups is 1. The number of nitrogen functional groups attached to an aromatic ring is 1. The molecule has 0 bridgehead atoms. The van der Waals surface area contributed by atoms with Crippen LogP contribution < -0.4 is 11.1 Å². The molecule has 2 aromatic rings. The largest absolute Gasteiger partial charge is 0.396 e. The number of rotatable bonds is 3. The van der Waals surface area contributed by atoms with Crippen molar-refractivity contribution in [3.8, 4) is 6.07 Å². The third-order valence-electron chi connectivity index (χ3n) is 2.62. The van der Waals surface area contributed by atoms with Gasteiger partial charge in [0.05, 0.1) is 11.2 Å². The minimum Gasteiger partial charge on any atom is -0.396 e. The van der Waals surface area contributed by atoms with E-state index in [1.165, 1.54) is 0 Å². The van der Waals surface area contributed by atoms with E-state index in [4.69, 9.17) is 23.2 Å². The van der Waals surface area contributed by atoms with Crippen LogP contribution in [0.1, 0.15) is 11.3 Å². The van der Waals surface area contributed by atoms with Crippen LogP contribution in [0, 0.1) is 11.3 Å². The first-order chi connectivity index (χ1) is 8.70. The first kappa shape index (κ1) is 12.1. The van der Waals surface area contributed by atoms with Gasteiger partial charge in [0.1, 0.15) is 22.3 Å². The maximum absolute atomic E-state index is 9.16. The number of hydrogen-bond donors (Lipinski definition) is 2. The fourth-order valence-electron chi connectivity index (χ4n) is 1.83. The normalized spacial score (nSPS) is 9.94. The van der Waals surface area contributed by atoms with E-state index < -0.39 is 0 Å². The van der Waals surface area contributed by atoms with Crippen molar-refractivity contribution >= 4 is 28.4 Å². The summed E-state index contributed by atoms with van der Waals surface area (Å²) < 4.78 is 1.83. The van der Waals surface area contributed by atoms with Crippen molar-refractivity contribution in [3.05, 3.63) is 48.3 Å². The Bertz CT molecular complexity index is 663.